The molecule has 2 N–H and O–H groups in total. The van der Waals surface area contributed by atoms with Gasteiger partial charge in [-0.3, -0.25) is 10.1 Å². The Labute approximate surface area is 168 Å². The minimum atomic E-state index is -0.436. The smallest absolute Gasteiger partial charge is 0.234 e. The number of hydrogen-bond acceptors (Lipinski definition) is 4. The van der Waals surface area contributed by atoms with Crippen LogP contribution in [0.2, 0.25) is 10.0 Å². The molecule has 0 fully saturated rings. The summed E-state index contributed by atoms with van der Waals surface area (Å²) in [6, 6.07) is 12.9. The fraction of sp³-hybridized carbons (Fsp3) is 0.350. The molecule has 1 aliphatic rings. The minimum absolute atomic E-state index is 0.120. The third-order valence-corrected chi connectivity index (χ3v) is 5.17. The quantitative estimate of drug-likeness (QED) is 0.763. The van der Waals surface area contributed by atoms with Gasteiger partial charge in [0.15, 0.2) is 11.5 Å². The number of benzene rings is 2. The molecule has 0 aromatic heterocycles. The normalized spacial score (nSPS) is 16.1. The van der Waals surface area contributed by atoms with Gasteiger partial charge in [0.05, 0.1) is 23.1 Å². The summed E-state index contributed by atoms with van der Waals surface area (Å²) in [5.41, 5.74) is 0.514. The average molecular weight is 409 g/mol. The number of ether oxygens (including phenoxy) is 2. The van der Waals surface area contributed by atoms with Gasteiger partial charge in [0.1, 0.15) is 12.7 Å². The van der Waals surface area contributed by atoms with Gasteiger partial charge in [0.25, 0.3) is 0 Å². The van der Waals surface area contributed by atoms with Crippen LogP contribution in [0.5, 0.6) is 11.5 Å². The van der Waals surface area contributed by atoms with Crippen molar-refractivity contribution in [3.63, 3.8) is 0 Å². The predicted octanol–water partition coefficient (Wildman–Crippen LogP) is 3.77. The number of rotatable bonds is 6. The Morgan fingerprint density at radius 1 is 1.15 bits per heavy atom. The second-order valence-electron chi connectivity index (χ2n) is 6.91. The van der Waals surface area contributed by atoms with Crippen molar-refractivity contribution >= 4 is 29.1 Å². The highest BCUT2D eigenvalue weighted by Gasteiger charge is 2.23. The van der Waals surface area contributed by atoms with Gasteiger partial charge in [-0.25, -0.2) is 0 Å². The molecular formula is C20H22Cl2N2O3. The number of hydrogen-bond donors (Lipinski definition) is 2. The molecule has 0 bridgehead atoms. The van der Waals surface area contributed by atoms with Crippen LogP contribution in [0.15, 0.2) is 42.5 Å². The van der Waals surface area contributed by atoms with Gasteiger partial charge in [0.2, 0.25) is 5.91 Å². The molecule has 0 aliphatic carbocycles. The molecule has 27 heavy (non-hydrogen) atoms. The minimum Gasteiger partial charge on any atom is -0.486 e. The molecule has 0 spiro atoms. The Morgan fingerprint density at radius 2 is 1.89 bits per heavy atom. The van der Waals surface area contributed by atoms with Crippen LogP contribution in [0.4, 0.5) is 0 Å². The van der Waals surface area contributed by atoms with Crippen LogP contribution in [-0.2, 0) is 10.3 Å². The summed E-state index contributed by atoms with van der Waals surface area (Å²) in [6.07, 6.45) is -0.216. The molecule has 5 nitrogen and oxygen atoms in total. The molecule has 1 heterocycles. The van der Waals surface area contributed by atoms with Crippen molar-refractivity contribution < 1.29 is 14.3 Å². The summed E-state index contributed by atoms with van der Waals surface area (Å²) in [4.78, 5) is 12.2. The maximum absolute atomic E-state index is 12.2. The van der Waals surface area contributed by atoms with Gasteiger partial charge in [0, 0.05) is 5.54 Å². The molecule has 1 unspecified atom stereocenters. The SMILES string of the molecule is CC(C)(NCC(=O)NCC1COc2ccccc2O1)c1ccc(Cl)c(Cl)c1. The van der Waals surface area contributed by atoms with Crippen molar-refractivity contribution in [1.29, 1.82) is 0 Å². The summed E-state index contributed by atoms with van der Waals surface area (Å²) in [5, 5.41) is 7.11. The monoisotopic (exact) mass is 408 g/mol. The lowest BCUT2D eigenvalue weighted by Crippen LogP contribution is -2.46. The lowest BCUT2D eigenvalue weighted by molar-refractivity contribution is -0.121. The highest BCUT2D eigenvalue weighted by Crippen LogP contribution is 2.31. The molecule has 0 saturated carbocycles. The average Bonchev–Trinajstić information content (AvgIpc) is 2.66. The van der Waals surface area contributed by atoms with E-state index in [0.29, 0.717) is 28.9 Å². The Bertz CT molecular complexity index is 827. The Morgan fingerprint density at radius 3 is 2.63 bits per heavy atom. The molecule has 1 aliphatic heterocycles. The Hall–Kier alpha value is -1.95. The molecule has 2 aromatic rings. The predicted molar refractivity (Wildman–Crippen MR) is 107 cm³/mol. The molecule has 0 radical (unpaired) electrons. The first-order chi connectivity index (χ1) is 12.8. The van der Waals surface area contributed by atoms with Crippen LogP contribution < -0.4 is 20.1 Å². The molecule has 2 aromatic carbocycles. The van der Waals surface area contributed by atoms with E-state index in [0.717, 1.165) is 11.3 Å². The molecule has 1 atom stereocenters. The zero-order valence-corrected chi connectivity index (χ0v) is 16.7. The van der Waals surface area contributed by atoms with E-state index in [1.54, 1.807) is 12.1 Å². The van der Waals surface area contributed by atoms with E-state index in [1.165, 1.54) is 0 Å². The summed E-state index contributed by atoms with van der Waals surface area (Å²) in [7, 11) is 0. The van der Waals surface area contributed by atoms with Crippen molar-refractivity contribution in [1.82, 2.24) is 10.6 Å². The number of nitrogens with one attached hydrogen (secondary N) is 2. The maximum atomic E-state index is 12.2. The summed E-state index contributed by atoms with van der Waals surface area (Å²) in [6.45, 7) is 4.91. The first-order valence-corrected chi connectivity index (χ1v) is 9.46. The topological polar surface area (TPSA) is 59.6 Å². The van der Waals surface area contributed by atoms with Crippen molar-refractivity contribution in [2.24, 2.45) is 0 Å². The van der Waals surface area contributed by atoms with Crippen LogP contribution in [-0.4, -0.2) is 31.7 Å². The summed E-state index contributed by atoms with van der Waals surface area (Å²) >= 11 is 12.1. The third kappa shape index (κ3) is 5.06. The molecule has 7 heteroatoms. The van der Waals surface area contributed by atoms with Crippen LogP contribution in [0, 0.1) is 0 Å². The van der Waals surface area contributed by atoms with Gasteiger partial charge < -0.3 is 14.8 Å². The molecule has 3 rings (SSSR count). The number of carbonyl (C=O) groups excluding carboxylic acids is 1. The van der Waals surface area contributed by atoms with Crippen molar-refractivity contribution in [2.45, 2.75) is 25.5 Å². The molecule has 144 valence electrons. The van der Waals surface area contributed by atoms with Gasteiger partial charge in [-0.2, -0.15) is 0 Å². The van der Waals surface area contributed by atoms with E-state index in [-0.39, 0.29) is 18.6 Å². The second-order valence-corrected chi connectivity index (χ2v) is 7.72. The van der Waals surface area contributed by atoms with Crippen molar-refractivity contribution in [3.05, 3.63) is 58.1 Å². The third-order valence-electron chi connectivity index (χ3n) is 4.43. The lowest BCUT2D eigenvalue weighted by Gasteiger charge is -2.28. The number of para-hydroxylation sites is 2. The van der Waals surface area contributed by atoms with Crippen LogP contribution in [0.1, 0.15) is 19.4 Å². The van der Waals surface area contributed by atoms with Gasteiger partial charge in [-0.05, 0) is 43.7 Å². The number of fused-ring (bicyclic) bond motifs is 1. The fourth-order valence-electron chi connectivity index (χ4n) is 2.74. The highest BCUT2D eigenvalue weighted by molar-refractivity contribution is 6.42. The Balaban J connectivity index is 1.47. The standard InChI is InChI=1S/C20H22Cl2N2O3/c1-20(2,13-7-8-15(21)16(22)9-13)24-11-19(25)23-10-14-12-26-17-5-3-4-6-18(17)27-14/h3-9,14,24H,10-12H2,1-2H3,(H,23,25). The van der Waals surface area contributed by atoms with Gasteiger partial charge >= 0.3 is 0 Å². The van der Waals surface area contributed by atoms with Gasteiger partial charge in [-0.1, -0.05) is 41.4 Å². The zero-order chi connectivity index (χ0) is 19.4. The molecule has 1 amide bonds. The summed E-state index contributed by atoms with van der Waals surface area (Å²) in [5.74, 6) is 1.30. The first-order valence-electron chi connectivity index (χ1n) is 8.71. The van der Waals surface area contributed by atoms with E-state index in [2.05, 4.69) is 10.6 Å². The second kappa shape index (κ2) is 8.38. The molecular weight excluding hydrogens is 387 g/mol. The van der Waals surface area contributed by atoms with Crippen molar-refractivity contribution in [3.8, 4) is 11.5 Å². The van der Waals surface area contributed by atoms with Crippen LogP contribution in [0.3, 0.4) is 0 Å². The van der Waals surface area contributed by atoms with E-state index < -0.39 is 5.54 Å². The van der Waals surface area contributed by atoms with Crippen molar-refractivity contribution in [2.75, 3.05) is 19.7 Å². The number of halogens is 2. The van der Waals surface area contributed by atoms with E-state index >= 15 is 0 Å². The van der Waals surface area contributed by atoms with Gasteiger partial charge in [-0.15, -0.1) is 0 Å². The van der Waals surface area contributed by atoms with E-state index in [4.69, 9.17) is 32.7 Å². The Kier molecular flexibility index (Phi) is 6.15. The highest BCUT2D eigenvalue weighted by atomic mass is 35.5. The van der Waals surface area contributed by atoms with Crippen LogP contribution >= 0.6 is 23.2 Å². The zero-order valence-electron chi connectivity index (χ0n) is 15.2. The van der Waals surface area contributed by atoms with Crippen LogP contribution in [0.25, 0.3) is 0 Å². The maximum Gasteiger partial charge on any atom is 0.234 e. The summed E-state index contributed by atoms with van der Waals surface area (Å²) < 4.78 is 11.5. The largest absolute Gasteiger partial charge is 0.486 e. The molecule has 0 saturated heterocycles. The van der Waals surface area contributed by atoms with E-state index in [9.17, 15) is 4.79 Å². The number of amides is 1. The first kappa shape index (κ1) is 19.8. The fourth-order valence-corrected chi connectivity index (χ4v) is 3.04. The lowest BCUT2D eigenvalue weighted by atomic mass is 9.94. The van der Waals surface area contributed by atoms with E-state index in [1.807, 2.05) is 44.2 Å². The number of carbonyl (C=O) groups is 1.